The molecular weight excluding hydrogens is 246 g/mol. The lowest BCUT2D eigenvalue weighted by molar-refractivity contribution is -0.144. The van der Waals surface area contributed by atoms with Crippen molar-refractivity contribution < 1.29 is 9.59 Å². The molecule has 1 aliphatic heterocycles. The molecular formula is C12H17N5O2. The first-order chi connectivity index (χ1) is 9.13. The fraction of sp³-hybridized carbons (Fsp3) is 0.667. The summed E-state index contributed by atoms with van der Waals surface area (Å²) < 4.78 is 1.78. The number of aromatic nitrogens is 3. The van der Waals surface area contributed by atoms with Crippen LogP contribution in [-0.2, 0) is 9.59 Å². The summed E-state index contributed by atoms with van der Waals surface area (Å²) in [6.07, 6.45) is 6.21. The zero-order valence-corrected chi connectivity index (χ0v) is 10.7. The number of amides is 2. The predicted molar refractivity (Wildman–Crippen MR) is 65.7 cm³/mol. The quantitative estimate of drug-likeness (QED) is 0.758. The van der Waals surface area contributed by atoms with E-state index in [1.807, 2.05) is 0 Å². The van der Waals surface area contributed by atoms with Gasteiger partial charge >= 0.3 is 0 Å². The highest BCUT2D eigenvalue weighted by Gasteiger charge is 2.57. The topological polar surface area (TPSA) is 94.1 Å². The first-order valence-electron chi connectivity index (χ1n) is 6.57. The summed E-state index contributed by atoms with van der Waals surface area (Å²) in [5.41, 5.74) is 4.44. The third kappa shape index (κ3) is 1.98. The van der Waals surface area contributed by atoms with E-state index in [9.17, 15) is 9.59 Å². The van der Waals surface area contributed by atoms with Crippen molar-refractivity contribution in [1.29, 1.82) is 0 Å². The summed E-state index contributed by atoms with van der Waals surface area (Å²) in [6.45, 7) is 1.27. The van der Waals surface area contributed by atoms with Gasteiger partial charge in [-0.3, -0.25) is 9.59 Å². The minimum absolute atomic E-state index is 0.107. The molecule has 0 bridgehead atoms. The van der Waals surface area contributed by atoms with Crippen LogP contribution < -0.4 is 5.73 Å². The molecule has 1 saturated carbocycles. The Labute approximate surface area is 110 Å². The number of carbonyl (C=O) groups excluding carboxylic acids is 2. The van der Waals surface area contributed by atoms with Crippen molar-refractivity contribution >= 4 is 11.8 Å². The highest BCUT2D eigenvalue weighted by Crippen LogP contribution is 2.47. The van der Waals surface area contributed by atoms with Crippen LogP contribution >= 0.6 is 0 Å². The van der Waals surface area contributed by atoms with E-state index in [1.165, 1.54) is 6.33 Å². The Hall–Kier alpha value is -1.92. The summed E-state index contributed by atoms with van der Waals surface area (Å²) in [4.78, 5) is 29.5. The van der Waals surface area contributed by atoms with Crippen molar-refractivity contribution in [3.05, 3.63) is 12.7 Å². The third-order valence-corrected chi connectivity index (χ3v) is 4.13. The number of rotatable bonds is 3. The van der Waals surface area contributed by atoms with Gasteiger partial charge in [0.05, 0.1) is 6.04 Å². The van der Waals surface area contributed by atoms with Crippen LogP contribution in [0.4, 0.5) is 0 Å². The second-order valence-corrected chi connectivity index (χ2v) is 5.37. The maximum Gasteiger partial charge on any atom is 0.238 e. The molecule has 1 aromatic heterocycles. The highest BCUT2D eigenvalue weighted by atomic mass is 16.2. The van der Waals surface area contributed by atoms with Crippen molar-refractivity contribution in [2.45, 2.75) is 31.7 Å². The average Bonchev–Trinajstić information content (AvgIpc) is 3.06. The molecule has 2 heterocycles. The predicted octanol–water partition coefficient (Wildman–Crippen LogP) is -0.293. The Morgan fingerprint density at radius 1 is 1.37 bits per heavy atom. The number of piperidine rings is 1. The second kappa shape index (κ2) is 4.32. The lowest BCUT2D eigenvalue weighted by atomic mass is 10.00. The fourth-order valence-corrected chi connectivity index (χ4v) is 2.75. The van der Waals surface area contributed by atoms with E-state index in [0.29, 0.717) is 25.9 Å². The van der Waals surface area contributed by atoms with Crippen LogP contribution in [0.5, 0.6) is 0 Å². The van der Waals surface area contributed by atoms with Crippen LogP contribution in [0.1, 0.15) is 31.7 Å². The van der Waals surface area contributed by atoms with Crippen molar-refractivity contribution in [1.82, 2.24) is 19.7 Å². The van der Waals surface area contributed by atoms with Gasteiger partial charge in [0.25, 0.3) is 0 Å². The van der Waals surface area contributed by atoms with E-state index in [1.54, 1.807) is 15.9 Å². The van der Waals surface area contributed by atoms with Gasteiger partial charge in [-0.15, -0.1) is 0 Å². The van der Waals surface area contributed by atoms with Gasteiger partial charge in [0, 0.05) is 13.1 Å². The Balaban J connectivity index is 1.72. The molecule has 1 atom stereocenters. The van der Waals surface area contributed by atoms with Gasteiger partial charge < -0.3 is 10.6 Å². The number of primary amides is 1. The van der Waals surface area contributed by atoms with Gasteiger partial charge in [-0.25, -0.2) is 9.67 Å². The summed E-state index contributed by atoms with van der Waals surface area (Å²) in [6, 6.07) is 0.142. The monoisotopic (exact) mass is 263 g/mol. The minimum Gasteiger partial charge on any atom is -0.369 e. The SMILES string of the molecule is NC(=O)C1(C(=O)N2CCCC(n3cncn3)C2)CC1. The third-order valence-electron chi connectivity index (χ3n) is 4.13. The fourth-order valence-electron chi connectivity index (χ4n) is 2.75. The maximum atomic E-state index is 12.4. The van der Waals surface area contributed by atoms with Gasteiger partial charge in [0.15, 0.2) is 0 Å². The molecule has 2 aliphatic rings. The number of hydrogen-bond donors (Lipinski definition) is 1. The van der Waals surface area contributed by atoms with Crippen molar-refractivity contribution in [2.75, 3.05) is 13.1 Å². The molecule has 2 amide bonds. The van der Waals surface area contributed by atoms with E-state index in [2.05, 4.69) is 10.1 Å². The molecule has 19 heavy (non-hydrogen) atoms. The minimum atomic E-state index is -0.912. The molecule has 1 aromatic rings. The Bertz CT molecular complexity index is 494. The summed E-state index contributed by atoms with van der Waals surface area (Å²) in [5.74, 6) is -0.592. The molecule has 102 valence electrons. The van der Waals surface area contributed by atoms with Crippen LogP contribution in [0.2, 0.25) is 0 Å². The van der Waals surface area contributed by atoms with E-state index >= 15 is 0 Å². The largest absolute Gasteiger partial charge is 0.369 e. The zero-order chi connectivity index (χ0) is 13.5. The maximum absolute atomic E-state index is 12.4. The normalized spacial score (nSPS) is 25.1. The number of likely N-dealkylation sites (tertiary alicyclic amines) is 1. The van der Waals surface area contributed by atoms with Crippen molar-refractivity contribution in [3.8, 4) is 0 Å². The zero-order valence-electron chi connectivity index (χ0n) is 10.7. The molecule has 0 radical (unpaired) electrons. The summed E-state index contributed by atoms with van der Waals surface area (Å²) >= 11 is 0. The molecule has 1 unspecified atom stereocenters. The van der Waals surface area contributed by atoms with Gasteiger partial charge in [-0.2, -0.15) is 5.10 Å². The lowest BCUT2D eigenvalue weighted by Gasteiger charge is -2.34. The van der Waals surface area contributed by atoms with Gasteiger partial charge in [0.2, 0.25) is 11.8 Å². The first kappa shape index (κ1) is 12.1. The van der Waals surface area contributed by atoms with Crippen LogP contribution in [0, 0.1) is 5.41 Å². The number of hydrogen-bond acceptors (Lipinski definition) is 4. The molecule has 2 N–H and O–H groups in total. The molecule has 2 fully saturated rings. The van der Waals surface area contributed by atoms with Gasteiger partial charge in [0.1, 0.15) is 18.1 Å². The van der Waals surface area contributed by atoms with E-state index in [0.717, 1.165) is 12.8 Å². The molecule has 0 aromatic carbocycles. The second-order valence-electron chi connectivity index (χ2n) is 5.37. The molecule has 0 spiro atoms. The lowest BCUT2D eigenvalue weighted by Crippen LogP contribution is -2.47. The van der Waals surface area contributed by atoms with Crippen molar-refractivity contribution in [2.24, 2.45) is 11.1 Å². The Morgan fingerprint density at radius 2 is 2.16 bits per heavy atom. The van der Waals surface area contributed by atoms with E-state index in [4.69, 9.17) is 5.73 Å². The van der Waals surface area contributed by atoms with Gasteiger partial charge in [-0.05, 0) is 25.7 Å². The molecule has 7 nitrogen and oxygen atoms in total. The van der Waals surface area contributed by atoms with Crippen LogP contribution in [0.15, 0.2) is 12.7 Å². The van der Waals surface area contributed by atoms with Crippen LogP contribution in [0.25, 0.3) is 0 Å². The molecule has 7 heteroatoms. The number of nitrogens with zero attached hydrogens (tertiary/aromatic N) is 4. The van der Waals surface area contributed by atoms with Crippen molar-refractivity contribution in [3.63, 3.8) is 0 Å². The summed E-state index contributed by atoms with van der Waals surface area (Å²) in [7, 11) is 0. The highest BCUT2D eigenvalue weighted by molar-refractivity contribution is 6.07. The van der Waals surface area contributed by atoms with Gasteiger partial charge in [-0.1, -0.05) is 0 Å². The smallest absolute Gasteiger partial charge is 0.238 e. The molecule has 3 rings (SSSR count). The molecule has 1 saturated heterocycles. The van der Waals surface area contributed by atoms with Crippen LogP contribution in [-0.4, -0.2) is 44.6 Å². The molecule has 1 aliphatic carbocycles. The first-order valence-corrected chi connectivity index (χ1v) is 6.57. The Morgan fingerprint density at radius 3 is 2.74 bits per heavy atom. The van der Waals surface area contributed by atoms with E-state index in [-0.39, 0.29) is 11.9 Å². The number of carbonyl (C=O) groups is 2. The van der Waals surface area contributed by atoms with E-state index < -0.39 is 11.3 Å². The standard InChI is InChI=1S/C12H17N5O2/c13-10(18)12(3-4-12)11(19)16-5-1-2-9(6-16)17-8-14-7-15-17/h7-9H,1-6H2,(H2,13,18). The number of nitrogens with two attached hydrogens (primary N) is 1. The Kier molecular flexibility index (Phi) is 2.76. The summed E-state index contributed by atoms with van der Waals surface area (Å²) in [5, 5.41) is 4.12. The average molecular weight is 263 g/mol. The van der Waals surface area contributed by atoms with Crippen LogP contribution in [0.3, 0.4) is 0 Å².